The van der Waals surface area contributed by atoms with Gasteiger partial charge in [-0.2, -0.15) is 0 Å². The molecule has 1 heterocycles. The molecule has 1 unspecified atom stereocenters. The molecule has 1 aliphatic heterocycles. The average Bonchev–Trinajstić information content (AvgIpc) is 2.27. The Morgan fingerprint density at radius 3 is 2.89 bits per heavy atom. The Hall–Kier alpha value is -1.14. The largest absolute Gasteiger partial charge is 0.493 e. The molecule has 1 aliphatic rings. The van der Waals surface area contributed by atoms with E-state index in [9.17, 15) is 12.8 Å². The van der Waals surface area contributed by atoms with Crippen molar-refractivity contribution < 1.29 is 17.5 Å². The Bertz CT molecular complexity index is 544. The van der Waals surface area contributed by atoms with Gasteiger partial charge in [0.1, 0.15) is 11.6 Å². The first-order valence-corrected chi connectivity index (χ1v) is 7.48. The van der Waals surface area contributed by atoms with E-state index in [4.69, 9.17) is 9.88 Å². The number of primary sulfonamides is 1. The highest BCUT2D eigenvalue weighted by atomic mass is 32.2. The summed E-state index contributed by atoms with van der Waals surface area (Å²) in [5.74, 6) is -0.194. The second-order valence-corrected chi connectivity index (χ2v) is 6.25. The van der Waals surface area contributed by atoms with Crippen LogP contribution in [0.2, 0.25) is 0 Å². The lowest BCUT2D eigenvalue weighted by molar-refractivity contribution is 0.261. The summed E-state index contributed by atoms with van der Waals surface area (Å²) in [6, 6.07) is 4.19. The SMILES string of the molecule is CCC([C@@H]1CCOc2cc(F)ccc21)S(N)(=O)=O. The molecule has 1 aromatic rings. The predicted molar refractivity (Wildman–Crippen MR) is 66.4 cm³/mol. The fourth-order valence-corrected chi connectivity index (χ4v) is 3.73. The summed E-state index contributed by atoms with van der Waals surface area (Å²) in [4.78, 5) is 0. The molecule has 2 N–H and O–H groups in total. The minimum Gasteiger partial charge on any atom is -0.493 e. The van der Waals surface area contributed by atoms with Crippen LogP contribution < -0.4 is 9.88 Å². The van der Waals surface area contributed by atoms with Gasteiger partial charge in [0.2, 0.25) is 10.0 Å². The van der Waals surface area contributed by atoms with Gasteiger partial charge in [-0.15, -0.1) is 0 Å². The molecular formula is C12H16FNO3S. The molecule has 1 aromatic carbocycles. The first-order valence-electron chi connectivity index (χ1n) is 5.87. The minimum absolute atomic E-state index is 0.227. The number of rotatable bonds is 3. The van der Waals surface area contributed by atoms with Gasteiger partial charge in [0.25, 0.3) is 0 Å². The van der Waals surface area contributed by atoms with Crippen LogP contribution in [0.5, 0.6) is 5.75 Å². The zero-order valence-electron chi connectivity index (χ0n) is 10.1. The van der Waals surface area contributed by atoms with E-state index >= 15 is 0 Å². The molecule has 6 heteroatoms. The molecule has 0 fully saturated rings. The Labute approximate surface area is 106 Å². The topological polar surface area (TPSA) is 69.4 Å². The third-order valence-corrected chi connectivity index (χ3v) is 4.84. The number of ether oxygens (including phenoxy) is 1. The summed E-state index contributed by atoms with van der Waals surface area (Å²) >= 11 is 0. The molecule has 0 saturated heterocycles. The fraction of sp³-hybridized carbons (Fsp3) is 0.500. The maximum Gasteiger partial charge on any atom is 0.212 e. The van der Waals surface area contributed by atoms with Crippen LogP contribution in [0, 0.1) is 5.82 Å². The number of sulfonamides is 1. The van der Waals surface area contributed by atoms with Crippen molar-refractivity contribution >= 4 is 10.0 Å². The highest BCUT2D eigenvalue weighted by Gasteiger charge is 2.34. The van der Waals surface area contributed by atoms with Crippen molar-refractivity contribution in [1.29, 1.82) is 0 Å². The number of benzene rings is 1. The summed E-state index contributed by atoms with van der Waals surface area (Å²) < 4.78 is 41.7. The van der Waals surface area contributed by atoms with Crippen molar-refractivity contribution in [2.75, 3.05) is 6.61 Å². The van der Waals surface area contributed by atoms with Gasteiger partial charge in [0.15, 0.2) is 0 Å². The quantitative estimate of drug-likeness (QED) is 0.912. The zero-order valence-corrected chi connectivity index (χ0v) is 10.9. The van der Waals surface area contributed by atoms with Crippen LogP contribution in [0.25, 0.3) is 0 Å². The molecule has 0 radical (unpaired) electrons. The zero-order chi connectivity index (χ0) is 13.3. The fourth-order valence-electron chi connectivity index (χ4n) is 2.52. The molecule has 0 saturated carbocycles. The summed E-state index contributed by atoms with van der Waals surface area (Å²) in [6.07, 6.45) is 1.01. The molecule has 100 valence electrons. The molecule has 2 atom stereocenters. The summed E-state index contributed by atoms with van der Waals surface area (Å²) in [6.45, 7) is 2.17. The van der Waals surface area contributed by atoms with E-state index in [1.165, 1.54) is 12.1 Å². The van der Waals surface area contributed by atoms with E-state index in [-0.39, 0.29) is 5.92 Å². The molecule has 18 heavy (non-hydrogen) atoms. The third kappa shape index (κ3) is 2.49. The van der Waals surface area contributed by atoms with Gasteiger partial charge in [0, 0.05) is 12.0 Å². The van der Waals surface area contributed by atoms with Crippen LogP contribution in [0.3, 0.4) is 0 Å². The van der Waals surface area contributed by atoms with E-state index in [2.05, 4.69) is 0 Å². The monoisotopic (exact) mass is 273 g/mol. The molecule has 2 rings (SSSR count). The number of hydrogen-bond donors (Lipinski definition) is 1. The van der Waals surface area contributed by atoms with Crippen molar-refractivity contribution in [2.45, 2.75) is 30.9 Å². The van der Waals surface area contributed by atoms with Crippen LogP contribution in [0.15, 0.2) is 18.2 Å². The molecule has 0 amide bonds. The van der Waals surface area contributed by atoms with E-state index in [0.717, 1.165) is 5.56 Å². The maximum atomic E-state index is 13.1. The Balaban J connectivity index is 2.44. The van der Waals surface area contributed by atoms with Crippen LogP contribution in [0.1, 0.15) is 31.2 Å². The second kappa shape index (κ2) is 4.85. The lowest BCUT2D eigenvalue weighted by atomic mass is 9.89. The van der Waals surface area contributed by atoms with Crippen molar-refractivity contribution in [3.8, 4) is 5.75 Å². The van der Waals surface area contributed by atoms with Gasteiger partial charge in [-0.25, -0.2) is 17.9 Å². The first-order chi connectivity index (χ1) is 8.43. The summed E-state index contributed by atoms with van der Waals surface area (Å²) in [7, 11) is -3.62. The van der Waals surface area contributed by atoms with Crippen LogP contribution in [-0.2, 0) is 10.0 Å². The van der Waals surface area contributed by atoms with Gasteiger partial charge in [-0.1, -0.05) is 13.0 Å². The number of nitrogens with two attached hydrogens (primary N) is 1. The number of fused-ring (bicyclic) bond motifs is 1. The van der Waals surface area contributed by atoms with Gasteiger partial charge in [0.05, 0.1) is 11.9 Å². The van der Waals surface area contributed by atoms with E-state index in [0.29, 0.717) is 25.2 Å². The molecule has 0 aromatic heterocycles. The average molecular weight is 273 g/mol. The Morgan fingerprint density at radius 2 is 2.28 bits per heavy atom. The van der Waals surface area contributed by atoms with Crippen molar-refractivity contribution in [1.82, 2.24) is 0 Å². The van der Waals surface area contributed by atoms with Gasteiger partial charge < -0.3 is 4.74 Å². The molecule has 0 spiro atoms. The van der Waals surface area contributed by atoms with Crippen molar-refractivity contribution in [3.05, 3.63) is 29.6 Å². The molecule has 0 aliphatic carbocycles. The van der Waals surface area contributed by atoms with E-state index < -0.39 is 21.1 Å². The van der Waals surface area contributed by atoms with Gasteiger partial charge in [-0.05, 0) is 24.5 Å². The van der Waals surface area contributed by atoms with Crippen molar-refractivity contribution in [3.63, 3.8) is 0 Å². The maximum absolute atomic E-state index is 13.1. The standard InChI is InChI=1S/C12H16FNO3S/c1-2-12(18(14,15)16)10-5-6-17-11-7-8(13)3-4-9(10)11/h3-4,7,10,12H,2,5-6H2,1H3,(H2,14,15,16)/t10-,12?/m1/s1. The van der Waals surface area contributed by atoms with Crippen LogP contribution in [-0.4, -0.2) is 20.3 Å². The van der Waals surface area contributed by atoms with E-state index in [1.807, 2.05) is 0 Å². The number of hydrogen-bond acceptors (Lipinski definition) is 3. The summed E-state index contributed by atoms with van der Waals surface area (Å²) in [5.41, 5.74) is 0.725. The van der Waals surface area contributed by atoms with Gasteiger partial charge in [-0.3, -0.25) is 0 Å². The van der Waals surface area contributed by atoms with Gasteiger partial charge >= 0.3 is 0 Å². The van der Waals surface area contributed by atoms with Crippen molar-refractivity contribution in [2.24, 2.45) is 5.14 Å². The number of halogens is 1. The lowest BCUT2D eigenvalue weighted by Crippen LogP contribution is -2.35. The predicted octanol–water partition coefficient (Wildman–Crippen LogP) is 1.76. The van der Waals surface area contributed by atoms with Crippen LogP contribution >= 0.6 is 0 Å². The normalized spacial score (nSPS) is 20.9. The first kappa shape index (κ1) is 13.3. The second-order valence-electron chi connectivity index (χ2n) is 4.46. The highest BCUT2D eigenvalue weighted by Crippen LogP contribution is 2.38. The summed E-state index contributed by atoms with van der Waals surface area (Å²) in [5, 5.41) is 4.62. The molecular weight excluding hydrogens is 257 g/mol. The Morgan fingerprint density at radius 1 is 1.56 bits per heavy atom. The third-order valence-electron chi connectivity index (χ3n) is 3.33. The smallest absolute Gasteiger partial charge is 0.212 e. The van der Waals surface area contributed by atoms with E-state index in [1.54, 1.807) is 13.0 Å². The Kier molecular flexibility index (Phi) is 3.59. The highest BCUT2D eigenvalue weighted by molar-refractivity contribution is 7.89. The lowest BCUT2D eigenvalue weighted by Gasteiger charge is -2.30. The molecule has 4 nitrogen and oxygen atoms in total. The molecule has 0 bridgehead atoms. The van der Waals surface area contributed by atoms with Crippen LogP contribution in [0.4, 0.5) is 4.39 Å². The minimum atomic E-state index is -3.62.